The summed E-state index contributed by atoms with van der Waals surface area (Å²) >= 11 is 11.9. The molecule has 2 N–H and O–H groups in total. The monoisotopic (exact) mass is 315 g/mol. The number of hydrogen-bond acceptors (Lipinski definition) is 3. The molecular formula is C14H19Cl2N3O. The topological polar surface area (TPSA) is 44.4 Å². The van der Waals surface area contributed by atoms with Gasteiger partial charge >= 0.3 is 0 Å². The van der Waals surface area contributed by atoms with Gasteiger partial charge in [-0.15, -0.1) is 0 Å². The fourth-order valence-electron chi connectivity index (χ4n) is 2.19. The quantitative estimate of drug-likeness (QED) is 0.866. The van der Waals surface area contributed by atoms with E-state index < -0.39 is 0 Å². The van der Waals surface area contributed by atoms with Gasteiger partial charge in [0.2, 0.25) is 5.91 Å². The summed E-state index contributed by atoms with van der Waals surface area (Å²) in [4.78, 5) is 14.0. The third-order valence-corrected chi connectivity index (χ3v) is 3.90. The lowest BCUT2D eigenvalue weighted by Gasteiger charge is -2.26. The Bertz CT molecular complexity index is 462. The van der Waals surface area contributed by atoms with Gasteiger partial charge in [-0.1, -0.05) is 29.3 Å². The Balaban J connectivity index is 1.70. The van der Waals surface area contributed by atoms with Crippen LogP contribution in [0, 0.1) is 0 Å². The van der Waals surface area contributed by atoms with E-state index in [9.17, 15) is 4.79 Å². The van der Waals surface area contributed by atoms with E-state index in [2.05, 4.69) is 15.5 Å². The SMILES string of the molecule is O=C(CN1CCNCC1)NCCc1ccc(Cl)cc1Cl. The number of amides is 1. The molecule has 2 rings (SSSR count). The normalized spacial score (nSPS) is 16.1. The van der Waals surface area contributed by atoms with Crippen LogP contribution >= 0.6 is 23.2 Å². The van der Waals surface area contributed by atoms with E-state index in [-0.39, 0.29) is 5.91 Å². The van der Waals surface area contributed by atoms with Gasteiger partial charge in [0.25, 0.3) is 0 Å². The van der Waals surface area contributed by atoms with Crippen LogP contribution in [0.4, 0.5) is 0 Å². The lowest BCUT2D eigenvalue weighted by molar-refractivity contribution is -0.122. The number of benzene rings is 1. The molecule has 0 aliphatic carbocycles. The molecule has 20 heavy (non-hydrogen) atoms. The molecule has 1 aromatic rings. The van der Waals surface area contributed by atoms with Crippen molar-refractivity contribution < 1.29 is 4.79 Å². The Morgan fingerprint density at radius 1 is 1.30 bits per heavy atom. The van der Waals surface area contributed by atoms with Gasteiger partial charge < -0.3 is 10.6 Å². The number of rotatable bonds is 5. The van der Waals surface area contributed by atoms with Crippen molar-refractivity contribution in [1.29, 1.82) is 0 Å². The van der Waals surface area contributed by atoms with Gasteiger partial charge in [-0.25, -0.2) is 0 Å². The molecule has 0 spiro atoms. The average molecular weight is 316 g/mol. The first-order valence-electron chi connectivity index (χ1n) is 6.79. The molecule has 4 nitrogen and oxygen atoms in total. The highest BCUT2D eigenvalue weighted by Crippen LogP contribution is 2.20. The van der Waals surface area contributed by atoms with Crippen LogP contribution in [-0.4, -0.2) is 50.1 Å². The van der Waals surface area contributed by atoms with Crippen LogP contribution in [0.15, 0.2) is 18.2 Å². The first-order chi connectivity index (χ1) is 9.65. The van der Waals surface area contributed by atoms with Gasteiger partial charge in [0, 0.05) is 42.8 Å². The first kappa shape index (κ1) is 15.6. The number of carbonyl (C=O) groups excluding carboxylic acids is 1. The van der Waals surface area contributed by atoms with Crippen molar-refractivity contribution in [3.63, 3.8) is 0 Å². The molecule has 1 heterocycles. The van der Waals surface area contributed by atoms with Crippen molar-refractivity contribution in [1.82, 2.24) is 15.5 Å². The summed E-state index contributed by atoms with van der Waals surface area (Å²) in [7, 11) is 0. The predicted octanol–water partition coefficient (Wildman–Crippen LogP) is 1.56. The molecule has 1 amide bonds. The maximum Gasteiger partial charge on any atom is 0.234 e. The zero-order chi connectivity index (χ0) is 14.4. The second-order valence-electron chi connectivity index (χ2n) is 4.86. The molecule has 1 aliphatic heterocycles. The second kappa shape index (κ2) is 7.84. The zero-order valence-electron chi connectivity index (χ0n) is 11.3. The van der Waals surface area contributed by atoms with Crippen LogP contribution in [-0.2, 0) is 11.2 Å². The maximum atomic E-state index is 11.8. The van der Waals surface area contributed by atoms with E-state index in [1.165, 1.54) is 0 Å². The molecule has 1 fully saturated rings. The number of halogens is 2. The summed E-state index contributed by atoms with van der Waals surface area (Å²) in [5, 5.41) is 7.47. The summed E-state index contributed by atoms with van der Waals surface area (Å²) in [6, 6.07) is 5.43. The molecule has 110 valence electrons. The highest BCUT2D eigenvalue weighted by Gasteiger charge is 2.13. The summed E-state index contributed by atoms with van der Waals surface area (Å²) in [6.07, 6.45) is 0.712. The van der Waals surface area contributed by atoms with E-state index in [0.29, 0.717) is 29.6 Å². The van der Waals surface area contributed by atoms with Gasteiger partial charge in [-0.05, 0) is 24.1 Å². The second-order valence-corrected chi connectivity index (χ2v) is 5.71. The van der Waals surface area contributed by atoms with Crippen molar-refractivity contribution in [2.24, 2.45) is 0 Å². The van der Waals surface area contributed by atoms with Crippen LogP contribution in [0.2, 0.25) is 10.0 Å². The predicted molar refractivity (Wildman–Crippen MR) is 82.5 cm³/mol. The Morgan fingerprint density at radius 3 is 2.75 bits per heavy atom. The van der Waals surface area contributed by atoms with Crippen LogP contribution in [0.3, 0.4) is 0 Å². The van der Waals surface area contributed by atoms with E-state index in [0.717, 1.165) is 31.7 Å². The van der Waals surface area contributed by atoms with Gasteiger partial charge in [0.1, 0.15) is 0 Å². The largest absolute Gasteiger partial charge is 0.355 e. The molecule has 0 radical (unpaired) electrons. The molecule has 1 aliphatic rings. The van der Waals surface area contributed by atoms with Gasteiger partial charge in [-0.3, -0.25) is 9.69 Å². The third-order valence-electron chi connectivity index (χ3n) is 3.31. The van der Waals surface area contributed by atoms with Crippen LogP contribution in [0.25, 0.3) is 0 Å². The molecule has 6 heteroatoms. The first-order valence-corrected chi connectivity index (χ1v) is 7.54. The maximum absolute atomic E-state index is 11.8. The standard InChI is InChI=1S/C14H19Cl2N3O/c15-12-2-1-11(13(16)9-12)3-4-18-14(20)10-19-7-5-17-6-8-19/h1-2,9,17H,3-8,10H2,(H,18,20). The van der Waals surface area contributed by atoms with E-state index in [1.54, 1.807) is 6.07 Å². The minimum Gasteiger partial charge on any atom is -0.355 e. The third kappa shape index (κ3) is 4.94. The number of nitrogens with one attached hydrogen (secondary N) is 2. The molecule has 0 atom stereocenters. The zero-order valence-corrected chi connectivity index (χ0v) is 12.8. The lowest BCUT2D eigenvalue weighted by atomic mass is 10.1. The summed E-state index contributed by atoms with van der Waals surface area (Å²) < 4.78 is 0. The minimum atomic E-state index is 0.0667. The molecule has 1 saturated heterocycles. The van der Waals surface area contributed by atoms with Crippen LogP contribution in [0.5, 0.6) is 0 Å². The van der Waals surface area contributed by atoms with Crippen LogP contribution in [0.1, 0.15) is 5.56 Å². The van der Waals surface area contributed by atoms with Crippen LogP contribution < -0.4 is 10.6 Å². The van der Waals surface area contributed by atoms with Crippen molar-refractivity contribution in [3.05, 3.63) is 33.8 Å². The minimum absolute atomic E-state index is 0.0667. The Kier molecular flexibility index (Phi) is 6.10. The fraction of sp³-hybridized carbons (Fsp3) is 0.500. The number of piperazine rings is 1. The van der Waals surface area contributed by atoms with Gasteiger partial charge in [-0.2, -0.15) is 0 Å². The van der Waals surface area contributed by atoms with Crippen molar-refractivity contribution in [3.8, 4) is 0 Å². The van der Waals surface area contributed by atoms with Gasteiger partial charge in [0.05, 0.1) is 6.54 Å². The average Bonchev–Trinajstić information content (AvgIpc) is 2.42. The van der Waals surface area contributed by atoms with E-state index >= 15 is 0 Å². The molecule has 0 bridgehead atoms. The van der Waals surface area contributed by atoms with Crippen molar-refractivity contribution >= 4 is 29.1 Å². The van der Waals surface area contributed by atoms with Crippen molar-refractivity contribution in [2.75, 3.05) is 39.3 Å². The van der Waals surface area contributed by atoms with E-state index in [1.807, 2.05) is 12.1 Å². The number of hydrogen-bond donors (Lipinski definition) is 2. The number of nitrogens with zero attached hydrogens (tertiary/aromatic N) is 1. The Hall–Kier alpha value is -0.810. The molecular weight excluding hydrogens is 297 g/mol. The molecule has 0 unspecified atom stereocenters. The molecule has 0 aromatic heterocycles. The molecule has 0 saturated carbocycles. The summed E-state index contributed by atoms with van der Waals surface area (Å²) in [5.74, 6) is 0.0667. The van der Waals surface area contributed by atoms with E-state index in [4.69, 9.17) is 23.2 Å². The summed E-state index contributed by atoms with van der Waals surface area (Å²) in [6.45, 7) is 4.82. The molecule has 1 aromatic carbocycles. The smallest absolute Gasteiger partial charge is 0.234 e. The Labute approximate surface area is 129 Å². The summed E-state index contributed by atoms with van der Waals surface area (Å²) in [5.41, 5.74) is 0.999. The lowest BCUT2D eigenvalue weighted by Crippen LogP contribution is -2.47. The highest BCUT2D eigenvalue weighted by atomic mass is 35.5. The fourth-order valence-corrected chi connectivity index (χ4v) is 2.69. The highest BCUT2D eigenvalue weighted by molar-refractivity contribution is 6.35. The van der Waals surface area contributed by atoms with Gasteiger partial charge in [0.15, 0.2) is 0 Å². The van der Waals surface area contributed by atoms with Crippen molar-refractivity contribution in [2.45, 2.75) is 6.42 Å². The Morgan fingerprint density at radius 2 is 2.05 bits per heavy atom. The number of carbonyl (C=O) groups is 1.